The van der Waals surface area contributed by atoms with Gasteiger partial charge in [-0.2, -0.15) is 5.10 Å². The van der Waals surface area contributed by atoms with Crippen LogP contribution in [0, 0.1) is 6.92 Å². The van der Waals surface area contributed by atoms with Gasteiger partial charge in [0.15, 0.2) is 15.7 Å². The fourth-order valence-corrected chi connectivity index (χ4v) is 1.64. The number of amides is 1. The van der Waals surface area contributed by atoms with E-state index in [4.69, 9.17) is 5.73 Å². The molecule has 0 fully saturated rings. The van der Waals surface area contributed by atoms with E-state index in [1.54, 1.807) is 14.0 Å². The van der Waals surface area contributed by atoms with Gasteiger partial charge < -0.3 is 11.1 Å². The first-order chi connectivity index (χ1) is 7.98. The largest absolute Gasteiger partial charge is 0.394 e. The van der Waals surface area contributed by atoms with E-state index in [2.05, 4.69) is 10.4 Å². The molecule has 0 aromatic carbocycles. The predicted molar refractivity (Wildman–Crippen MR) is 69.9 cm³/mol. The van der Waals surface area contributed by atoms with Gasteiger partial charge in [0.2, 0.25) is 5.91 Å². The van der Waals surface area contributed by atoms with Crippen LogP contribution >= 0.6 is 0 Å². The second-order valence-electron chi connectivity index (χ2n) is 4.71. The van der Waals surface area contributed by atoms with Crippen molar-refractivity contribution in [2.45, 2.75) is 25.5 Å². The van der Waals surface area contributed by atoms with Gasteiger partial charge in [-0.05, 0) is 20.8 Å². The summed E-state index contributed by atoms with van der Waals surface area (Å²) in [6.07, 6.45) is 1.02. The molecule has 0 aliphatic rings. The molecular formula is C10H18N4O3S. The minimum Gasteiger partial charge on any atom is -0.394 e. The fraction of sp³-hybridized carbons (Fsp3) is 0.600. The molecule has 1 aromatic heterocycles. The molecule has 0 aliphatic carbocycles. The molecule has 0 radical (unpaired) electrons. The zero-order valence-corrected chi connectivity index (χ0v) is 11.9. The predicted octanol–water partition coefficient (Wildman–Crippen LogP) is 0.0724. The van der Waals surface area contributed by atoms with Crippen molar-refractivity contribution in [1.29, 1.82) is 0 Å². The van der Waals surface area contributed by atoms with Gasteiger partial charge >= 0.3 is 0 Å². The Bertz CT molecular complexity index is 587. The van der Waals surface area contributed by atoms with Crippen molar-refractivity contribution in [3.05, 3.63) is 5.69 Å². The van der Waals surface area contributed by atoms with Crippen LogP contribution in [0.3, 0.4) is 0 Å². The van der Waals surface area contributed by atoms with Crippen molar-refractivity contribution in [3.8, 4) is 0 Å². The van der Waals surface area contributed by atoms with Gasteiger partial charge in [-0.1, -0.05) is 0 Å². The van der Waals surface area contributed by atoms with Gasteiger partial charge in [0.05, 0.1) is 11.4 Å². The number of nitrogens with one attached hydrogen (secondary N) is 1. The van der Waals surface area contributed by atoms with E-state index in [0.717, 1.165) is 6.26 Å². The molecule has 0 saturated heterocycles. The first-order valence-electron chi connectivity index (χ1n) is 5.28. The lowest BCUT2D eigenvalue weighted by atomic mass is 10.2. The normalized spacial score (nSPS) is 12.5. The van der Waals surface area contributed by atoms with Crippen molar-refractivity contribution < 1.29 is 13.2 Å². The summed E-state index contributed by atoms with van der Waals surface area (Å²) in [5.74, 6) is -0.339. The molecule has 0 bridgehead atoms. The SMILES string of the molecule is Cc1nn(C)c(NC(=O)C(C)(C)S(C)(=O)=O)c1N. The van der Waals surface area contributed by atoms with Crippen LogP contribution in [0.1, 0.15) is 19.5 Å². The first kappa shape index (κ1) is 14.5. The monoisotopic (exact) mass is 274 g/mol. The average molecular weight is 274 g/mol. The Labute approximate surface area is 106 Å². The van der Waals surface area contributed by atoms with E-state index in [-0.39, 0.29) is 0 Å². The lowest BCUT2D eigenvalue weighted by molar-refractivity contribution is -0.117. The molecule has 3 N–H and O–H groups in total. The topological polar surface area (TPSA) is 107 Å². The Morgan fingerprint density at radius 3 is 2.28 bits per heavy atom. The van der Waals surface area contributed by atoms with E-state index in [9.17, 15) is 13.2 Å². The highest BCUT2D eigenvalue weighted by molar-refractivity contribution is 7.92. The second-order valence-corrected chi connectivity index (χ2v) is 7.27. The van der Waals surface area contributed by atoms with Crippen LogP contribution in [0.5, 0.6) is 0 Å². The van der Waals surface area contributed by atoms with Crippen LogP contribution in [-0.4, -0.2) is 35.1 Å². The van der Waals surface area contributed by atoms with Gasteiger partial charge in [-0.25, -0.2) is 8.42 Å². The zero-order chi connectivity index (χ0) is 14.3. The average Bonchev–Trinajstić information content (AvgIpc) is 2.43. The molecule has 0 atom stereocenters. The summed E-state index contributed by atoms with van der Waals surface area (Å²) in [6.45, 7) is 4.39. The van der Waals surface area contributed by atoms with Crippen LogP contribution in [-0.2, 0) is 21.7 Å². The highest BCUT2D eigenvalue weighted by Gasteiger charge is 2.39. The summed E-state index contributed by atoms with van der Waals surface area (Å²) in [4.78, 5) is 12.0. The van der Waals surface area contributed by atoms with E-state index < -0.39 is 20.5 Å². The maximum Gasteiger partial charge on any atom is 0.246 e. The van der Waals surface area contributed by atoms with Gasteiger partial charge in [0, 0.05) is 13.3 Å². The Hall–Kier alpha value is -1.57. The summed E-state index contributed by atoms with van der Waals surface area (Å²) in [7, 11) is -1.91. The minimum absolute atomic E-state index is 0.300. The number of rotatable bonds is 3. The second kappa shape index (κ2) is 4.27. The molecule has 1 heterocycles. The number of hydrogen-bond donors (Lipinski definition) is 2. The molecular weight excluding hydrogens is 256 g/mol. The Morgan fingerprint density at radius 2 is 1.94 bits per heavy atom. The van der Waals surface area contributed by atoms with Crippen molar-refractivity contribution in [2.75, 3.05) is 17.3 Å². The minimum atomic E-state index is -3.52. The zero-order valence-electron chi connectivity index (χ0n) is 11.1. The van der Waals surface area contributed by atoms with Gasteiger partial charge in [-0.3, -0.25) is 9.48 Å². The summed E-state index contributed by atoms with van der Waals surface area (Å²) < 4.78 is 23.0. The molecule has 1 rings (SSSR count). The number of carbonyl (C=O) groups is 1. The summed E-state index contributed by atoms with van der Waals surface area (Å²) in [5, 5.41) is 6.54. The van der Waals surface area contributed by atoms with Crippen molar-refractivity contribution in [1.82, 2.24) is 9.78 Å². The molecule has 18 heavy (non-hydrogen) atoms. The van der Waals surface area contributed by atoms with Gasteiger partial charge in [-0.15, -0.1) is 0 Å². The van der Waals surface area contributed by atoms with Crippen LogP contribution in [0.25, 0.3) is 0 Å². The van der Waals surface area contributed by atoms with Crippen LogP contribution in [0.4, 0.5) is 11.5 Å². The van der Waals surface area contributed by atoms with E-state index in [0.29, 0.717) is 17.2 Å². The number of aromatic nitrogens is 2. The quantitative estimate of drug-likeness (QED) is 0.811. The molecule has 0 saturated carbocycles. The fourth-order valence-electron chi connectivity index (χ4n) is 1.25. The maximum absolute atomic E-state index is 12.0. The number of anilines is 2. The number of nitrogens with two attached hydrogens (primary N) is 1. The Morgan fingerprint density at radius 1 is 1.44 bits per heavy atom. The highest BCUT2D eigenvalue weighted by atomic mass is 32.2. The summed E-state index contributed by atoms with van der Waals surface area (Å²) in [6, 6.07) is 0. The lowest BCUT2D eigenvalue weighted by Gasteiger charge is -2.21. The van der Waals surface area contributed by atoms with Crippen molar-refractivity contribution >= 4 is 27.2 Å². The molecule has 0 unspecified atom stereocenters. The molecule has 0 spiro atoms. The van der Waals surface area contributed by atoms with Crippen LogP contribution in [0.2, 0.25) is 0 Å². The smallest absolute Gasteiger partial charge is 0.246 e. The lowest BCUT2D eigenvalue weighted by Crippen LogP contribution is -2.44. The number of hydrogen-bond acceptors (Lipinski definition) is 5. The number of nitrogens with zero attached hydrogens (tertiary/aromatic N) is 2. The van der Waals surface area contributed by atoms with Crippen molar-refractivity contribution in [2.24, 2.45) is 7.05 Å². The molecule has 102 valence electrons. The Balaban J connectivity index is 3.10. The summed E-state index contributed by atoms with van der Waals surface area (Å²) in [5.41, 5.74) is 6.66. The number of nitrogen functional groups attached to an aromatic ring is 1. The molecule has 1 aromatic rings. The molecule has 7 nitrogen and oxygen atoms in total. The Kier molecular flexibility index (Phi) is 3.44. The van der Waals surface area contributed by atoms with Gasteiger partial charge in [0.1, 0.15) is 4.75 Å². The van der Waals surface area contributed by atoms with Crippen LogP contribution < -0.4 is 11.1 Å². The van der Waals surface area contributed by atoms with Crippen LogP contribution in [0.15, 0.2) is 0 Å². The highest BCUT2D eigenvalue weighted by Crippen LogP contribution is 2.24. The van der Waals surface area contributed by atoms with Gasteiger partial charge in [0.25, 0.3) is 0 Å². The standard InChI is InChI=1S/C10H18N4O3S/c1-6-7(11)8(14(4)13-6)12-9(15)10(2,3)18(5,16)17/h11H2,1-5H3,(H,12,15). The first-order valence-corrected chi connectivity index (χ1v) is 7.17. The maximum atomic E-state index is 12.0. The number of aryl methyl sites for hydroxylation is 2. The third-order valence-corrected chi connectivity index (χ3v) is 5.01. The number of sulfone groups is 1. The third kappa shape index (κ3) is 2.33. The molecule has 8 heteroatoms. The van der Waals surface area contributed by atoms with E-state index in [1.165, 1.54) is 18.5 Å². The molecule has 1 amide bonds. The third-order valence-electron chi connectivity index (χ3n) is 2.97. The van der Waals surface area contributed by atoms with E-state index in [1.807, 2.05) is 0 Å². The number of carbonyl (C=O) groups excluding carboxylic acids is 1. The van der Waals surface area contributed by atoms with E-state index >= 15 is 0 Å². The van der Waals surface area contributed by atoms with Crippen molar-refractivity contribution in [3.63, 3.8) is 0 Å². The molecule has 0 aliphatic heterocycles. The summed E-state index contributed by atoms with van der Waals surface area (Å²) >= 11 is 0.